The Bertz CT molecular complexity index is 529. The molecule has 3 atom stereocenters. The lowest BCUT2D eigenvalue weighted by Crippen LogP contribution is -2.21. The van der Waals surface area contributed by atoms with Crippen LogP contribution in [-0.2, 0) is 0 Å². The number of ether oxygens (including phenoxy) is 1. The quantitative estimate of drug-likeness (QED) is 0.777. The molecule has 0 aromatic heterocycles. The standard InChI is InChI=1S/C15H16BrFO2/c1-19-14-7-13(17)12(16)6-11(14)15(18)10-5-8-2-3-9(10)4-8/h6-10H,2-5H2,1H3. The Labute approximate surface area is 120 Å². The summed E-state index contributed by atoms with van der Waals surface area (Å²) in [7, 11) is 1.47. The lowest BCUT2D eigenvalue weighted by atomic mass is 9.83. The van der Waals surface area contributed by atoms with Gasteiger partial charge in [0.05, 0.1) is 17.1 Å². The van der Waals surface area contributed by atoms with Crippen LogP contribution in [0.5, 0.6) is 5.75 Å². The second-order valence-electron chi connectivity index (χ2n) is 5.61. The molecule has 0 aliphatic heterocycles. The summed E-state index contributed by atoms with van der Waals surface area (Å²) in [5.41, 5.74) is 0.508. The molecule has 2 nitrogen and oxygen atoms in total. The smallest absolute Gasteiger partial charge is 0.169 e. The fourth-order valence-electron chi connectivity index (χ4n) is 3.66. The molecule has 2 aliphatic rings. The third-order valence-electron chi connectivity index (χ3n) is 4.58. The molecule has 1 aromatic rings. The fraction of sp³-hybridized carbons (Fsp3) is 0.533. The van der Waals surface area contributed by atoms with Gasteiger partial charge in [-0.2, -0.15) is 0 Å². The highest BCUT2D eigenvalue weighted by Crippen LogP contribution is 2.50. The summed E-state index contributed by atoms with van der Waals surface area (Å²) in [5, 5.41) is 0. The summed E-state index contributed by atoms with van der Waals surface area (Å²) < 4.78 is 19.0. The van der Waals surface area contributed by atoms with E-state index in [1.807, 2.05) is 0 Å². The number of hydrogen-bond acceptors (Lipinski definition) is 2. The molecular formula is C15H16BrFO2. The molecule has 0 radical (unpaired) electrons. The molecule has 2 saturated carbocycles. The summed E-state index contributed by atoms with van der Waals surface area (Å²) >= 11 is 3.14. The molecule has 2 aliphatic carbocycles. The zero-order valence-electron chi connectivity index (χ0n) is 10.8. The average molecular weight is 327 g/mol. The van der Waals surface area contributed by atoms with E-state index < -0.39 is 5.82 Å². The van der Waals surface area contributed by atoms with E-state index >= 15 is 0 Å². The molecule has 3 unspecified atom stereocenters. The van der Waals surface area contributed by atoms with E-state index in [1.165, 1.54) is 26.0 Å². The highest BCUT2D eigenvalue weighted by atomic mass is 79.9. The number of hydrogen-bond donors (Lipinski definition) is 0. The summed E-state index contributed by atoms with van der Waals surface area (Å²) in [4.78, 5) is 12.7. The van der Waals surface area contributed by atoms with Gasteiger partial charge in [-0.15, -0.1) is 0 Å². The Kier molecular flexibility index (Phi) is 3.37. The van der Waals surface area contributed by atoms with Gasteiger partial charge in [0.2, 0.25) is 0 Å². The predicted octanol–water partition coefficient (Wildman–Crippen LogP) is 4.22. The highest BCUT2D eigenvalue weighted by molar-refractivity contribution is 9.10. The third-order valence-corrected chi connectivity index (χ3v) is 5.19. The van der Waals surface area contributed by atoms with Crippen LogP contribution in [0.3, 0.4) is 0 Å². The van der Waals surface area contributed by atoms with E-state index in [1.54, 1.807) is 6.07 Å². The maximum Gasteiger partial charge on any atom is 0.169 e. The van der Waals surface area contributed by atoms with E-state index in [0.29, 0.717) is 27.6 Å². The Morgan fingerprint density at radius 1 is 1.37 bits per heavy atom. The molecule has 0 N–H and O–H groups in total. The highest BCUT2D eigenvalue weighted by Gasteiger charge is 2.43. The Hall–Kier alpha value is -0.900. The van der Waals surface area contributed by atoms with Gasteiger partial charge in [-0.1, -0.05) is 6.42 Å². The SMILES string of the molecule is COc1cc(F)c(Br)cc1C(=O)C1CC2CCC1C2. The summed E-state index contributed by atoms with van der Waals surface area (Å²) in [5.74, 6) is 1.39. The number of Topliss-reactive ketones (excluding diaryl/α,β-unsaturated/α-hetero) is 1. The van der Waals surface area contributed by atoms with Crippen LogP contribution in [0, 0.1) is 23.6 Å². The summed E-state index contributed by atoms with van der Waals surface area (Å²) in [6.45, 7) is 0. The Balaban J connectivity index is 1.93. The topological polar surface area (TPSA) is 26.3 Å². The van der Waals surface area contributed by atoms with Crippen molar-refractivity contribution in [3.63, 3.8) is 0 Å². The second-order valence-corrected chi connectivity index (χ2v) is 6.47. The van der Waals surface area contributed by atoms with Crippen LogP contribution in [0.15, 0.2) is 16.6 Å². The maximum atomic E-state index is 13.5. The number of halogens is 2. The van der Waals surface area contributed by atoms with Gasteiger partial charge in [-0.25, -0.2) is 4.39 Å². The van der Waals surface area contributed by atoms with Crippen LogP contribution in [-0.4, -0.2) is 12.9 Å². The monoisotopic (exact) mass is 326 g/mol. The number of rotatable bonds is 3. The molecule has 4 heteroatoms. The predicted molar refractivity (Wildman–Crippen MR) is 73.9 cm³/mol. The van der Waals surface area contributed by atoms with Crippen molar-refractivity contribution in [2.75, 3.05) is 7.11 Å². The molecule has 0 amide bonds. The number of ketones is 1. The third kappa shape index (κ3) is 2.20. The van der Waals surface area contributed by atoms with Crippen LogP contribution < -0.4 is 4.74 Å². The molecule has 102 valence electrons. The molecule has 1 aromatic carbocycles. The minimum Gasteiger partial charge on any atom is -0.496 e. The van der Waals surface area contributed by atoms with Crippen molar-refractivity contribution in [2.24, 2.45) is 17.8 Å². The van der Waals surface area contributed by atoms with Crippen LogP contribution in [0.4, 0.5) is 4.39 Å². The maximum absolute atomic E-state index is 13.5. The van der Waals surface area contributed by atoms with Gasteiger partial charge in [-0.05, 0) is 53.1 Å². The van der Waals surface area contributed by atoms with Crippen molar-refractivity contribution in [2.45, 2.75) is 25.7 Å². The summed E-state index contributed by atoms with van der Waals surface area (Å²) in [6.07, 6.45) is 4.59. The first-order chi connectivity index (χ1) is 9.10. The fourth-order valence-corrected chi connectivity index (χ4v) is 4.00. The van der Waals surface area contributed by atoms with Gasteiger partial charge in [0, 0.05) is 12.0 Å². The molecule has 2 bridgehead atoms. The molecule has 0 spiro atoms. The van der Waals surface area contributed by atoms with Crippen molar-refractivity contribution < 1.29 is 13.9 Å². The zero-order chi connectivity index (χ0) is 13.6. The molecule has 19 heavy (non-hydrogen) atoms. The van der Waals surface area contributed by atoms with E-state index in [2.05, 4.69) is 15.9 Å². The van der Waals surface area contributed by atoms with Crippen molar-refractivity contribution in [3.8, 4) is 5.75 Å². The van der Waals surface area contributed by atoms with E-state index in [-0.39, 0.29) is 11.7 Å². The normalized spacial score (nSPS) is 28.7. The van der Waals surface area contributed by atoms with Crippen LogP contribution >= 0.6 is 15.9 Å². The lowest BCUT2D eigenvalue weighted by Gasteiger charge is -2.21. The number of carbonyl (C=O) groups is 1. The minimum atomic E-state index is -0.402. The van der Waals surface area contributed by atoms with E-state index in [0.717, 1.165) is 12.8 Å². The van der Waals surface area contributed by atoms with Crippen molar-refractivity contribution in [3.05, 3.63) is 28.0 Å². The number of fused-ring (bicyclic) bond motifs is 2. The number of methoxy groups -OCH3 is 1. The van der Waals surface area contributed by atoms with Gasteiger partial charge in [0.1, 0.15) is 11.6 Å². The van der Waals surface area contributed by atoms with Crippen LogP contribution in [0.25, 0.3) is 0 Å². The minimum absolute atomic E-state index is 0.102. The first-order valence-corrected chi connectivity index (χ1v) is 7.46. The average Bonchev–Trinajstić information content (AvgIpc) is 3.03. The van der Waals surface area contributed by atoms with Crippen LogP contribution in [0.2, 0.25) is 0 Å². The van der Waals surface area contributed by atoms with E-state index in [9.17, 15) is 9.18 Å². The molecule has 0 heterocycles. The molecule has 2 fully saturated rings. The lowest BCUT2D eigenvalue weighted by molar-refractivity contribution is 0.0871. The molecule has 0 saturated heterocycles. The number of benzene rings is 1. The summed E-state index contributed by atoms with van der Waals surface area (Å²) in [6, 6.07) is 2.84. The van der Waals surface area contributed by atoms with Crippen molar-refractivity contribution >= 4 is 21.7 Å². The Morgan fingerprint density at radius 3 is 2.74 bits per heavy atom. The second kappa shape index (κ2) is 4.89. The van der Waals surface area contributed by atoms with Crippen molar-refractivity contribution in [1.29, 1.82) is 0 Å². The first kappa shape index (κ1) is 13.1. The van der Waals surface area contributed by atoms with Gasteiger partial charge in [0.25, 0.3) is 0 Å². The largest absolute Gasteiger partial charge is 0.496 e. The van der Waals surface area contributed by atoms with Crippen molar-refractivity contribution in [1.82, 2.24) is 0 Å². The molecular weight excluding hydrogens is 311 g/mol. The van der Waals surface area contributed by atoms with Crippen LogP contribution in [0.1, 0.15) is 36.0 Å². The Morgan fingerprint density at radius 2 is 2.16 bits per heavy atom. The zero-order valence-corrected chi connectivity index (χ0v) is 12.4. The van der Waals surface area contributed by atoms with Gasteiger partial charge >= 0.3 is 0 Å². The van der Waals surface area contributed by atoms with Gasteiger partial charge in [0.15, 0.2) is 5.78 Å². The van der Waals surface area contributed by atoms with Gasteiger partial charge < -0.3 is 4.74 Å². The first-order valence-electron chi connectivity index (χ1n) is 6.67. The molecule has 3 rings (SSSR count). The van der Waals surface area contributed by atoms with Gasteiger partial charge in [-0.3, -0.25) is 4.79 Å². The van der Waals surface area contributed by atoms with E-state index in [4.69, 9.17) is 4.74 Å². The number of carbonyl (C=O) groups excluding carboxylic acids is 1.